The Labute approximate surface area is 164 Å². The molecule has 1 saturated carbocycles. The molecule has 0 aliphatic heterocycles. The number of benzene rings is 1. The largest absolute Gasteiger partial charge is 0.419 e. The van der Waals surface area contributed by atoms with Crippen LogP contribution in [0.25, 0.3) is 22.2 Å². The molecule has 0 radical (unpaired) electrons. The minimum absolute atomic E-state index is 0.00662. The van der Waals surface area contributed by atoms with Crippen LogP contribution in [0.4, 0.5) is 0 Å². The minimum atomic E-state index is -0.00662. The van der Waals surface area contributed by atoms with Crippen LogP contribution in [-0.4, -0.2) is 25.0 Å². The Balaban J connectivity index is 1.40. The van der Waals surface area contributed by atoms with Crippen molar-refractivity contribution in [3.8, 4) is 22.2 Å². The molecule has 4 aromatic rings. The van der Waals surface area contributed by atoms with Gasteiger partial charge in [0.2, 0.25) is 11.8 Å². The molecule has 1 aromatic carbocycles. The van der Waals surface area contributed by atoms with E-state index in [9.17, 15) is 0 Å². The quantitative estimate of drug-likeness (QED) is 0.416. The smallest absolute Gasteiger partial charge is 0.247 e. The zero-order valence-corrected chi connectivity index (χ0v) is 16.3. The first-order valence-corrected chi connectivity index (χ1v) is 10.6. The molecule has 136 valence electrons. The third-order valence-electron chi connectivity index (χ3n) is 4.41. The first-order chi connectivity index (χ1) is 13.3. The second-order valence-corrected chi connectivity index (χ2v) is 8.71. The van der Waals surface area contributed by atoms with Gasteiger partial charge in [0, 0.05) is 11.6 Å². The maximum atomic E-state index is 5.90. The highest BCUT2D eigenvalue weighted by atomic mass is 32.2. The highest BCUT2D eigenvalue weighted by Gasteiger charge is 2.31. The summed E-state index contributed by atoms with van der Waals surface area (Å²) in [4.78, 5) is 1.15. The number of rotatable bonds is 6. The summed E-state index contributed by atoms with van der Waals surface area (Å²) in [6.07, 6.45) is 2.36. The molecule has 0 saturated heterocycles. The van der Waals surface area contributed by atoms with Crippen molar-refractivity contribution in [1.82, 2.24) is 25.0 Å². The molecule has 3 aromatic heterocycles. The highest BCUT2D eigenvalue weighted by molar-refractivity contribution is 7.99. The van der Waals surface area contributed by atoms with Crippen LogP contribution >= 0.6 is 23.1 Å². The Bertz CT molecular complexity index is 1040. The van der Waals surface area contributed by atoms with Gasteiger partial charge >= 0.3 is 0 Å². The number of hydrogen-bond donors (Lipinski definition) is 0. The fourth-order valence-corrected chi connectivity index (χ4v) is 4.55. The average molecular weight is 396 g/mol. The van der Waals surface area contributed by atoms with Crippen LogP contribution in [0.3, 0.4) is 0 Å². The van der Waals surface area contributed by atoms with Crippen LogP contribution < -0.4 is 0 Å². The normalized spacial score (nSPS) is 15.1. The predicted molar refractivity (Wildman–Crippen MR) is 106 cm³/mol. The van der Waals surface area contributed by atoms with Crippen LogP contribution in [0.1, 0.15) is 36.9 Å². The number of nitrogens with zero attached hydrogens (tertiary/aromatic N) is 5. The molecule has 3 heterocycles. The number of thiophene rings is 1. The Morgan fingerprint density at radius 1 is 1.07 bits per heavy atom. The van der Waals surface area contributed by atoms with Gasteiger partial charge in [0.15, 0.2) is 11.0 Å². The maximum Gasteiger partial charge on any atom is 0.247 e. The van der Waals surface area contributed by atoms with E-state index in [0.29, 0.717) is 17.8 Å². The molecule has 8 heteroatoms. The van der Waals surface area contributed by atoms with Crippen molar-refractivity contribution in [2.24, 2.45) is 0 Å². The van der Waals surface area contributed by atoms with Crippen molar-refractivity contribution < 1.29 is 4.42 Å². The van der Waals surface area contributed by atoms with E-state index >= 15 is 0 Å². The fourth-order valence-electron chi connectivity index (χ4n) is 2.90. The summed E-state index contributed by atoms with van der Waals surface area (Å²) < 4.78 is 8.17. The van der Waals surface area contributed by atoms with Gasteiger partial charge in [-0.1, -0.05) is 36.0 Å². The van der Waals surface area contributed by atoms with Gasteiger partial charge < -0.3 is 4.42 Å². The van der Waals surface area contributed by atoms with Crippen molar-refractivity contribution in [1.29, 1.82) is 0 Å². The molecule has 1 fully saturated rings. The zero-order valence-electron chi connectivity index (χ0n) is 14.6. The highest BCUT2D eigenvalue weighted by Crippen LogP contribution is 2.44. The van der Waals surface area contributed by atoms with Crippen molar-refractivity contribution in [2.75, 3.05) is 0 Å². The summed E-state index contributed by atoms with van der Waals surface area (Å²) in [5, 5.41) is 20.3. The van der Waals surface area contributed by atoms with E-state index in [1.165, 1.54) is 12.8 Å². The van der Waals surface area contributed by atoms with E-state index in [1.807, 2.05) is 36.4 Å². The SMILES string of the molecule is C[C@@H](Sc1nnc(-c2cccs2)n1C1CC1)c1nnc(-c2ccccc2)o1. The standard InChI is InChI=1S/C19H17N5OS2/c1-12(17-21-22-18(25-17)13-6-3-2-4-7-13)27-19-23-20-16(15-8-5-11-26-15)24(19)14-9-10-14/h2-8,11-12,14H,9-10H2,1H3/t12-/m1/s1. The molecule has 1 atom stereocenters. The van der Waals surface area contributed by atoms with E-state index in [4.69, 9.17) is 4.42 Å². The van der Waals surface area contributed by atoms with Crippen molar-refractivity contribution in [3.63, 3.8) is 0 Å². The van der Waals surface area contributed by atoms with Crippen LogP contribution in [0, 0.1) is 0 Å². The van der Waals surface area contributed by atoms with Gasteiger partial charge in [-0.25, -0.2) is 0 Å². The first kappa shape index (κ1) is 16.7. The third-order valence-corrected chi connectivity index (χ3v) is 6.32. The predicted octanol–water partition coefficient (Wildman–Crippen LogP) is 5.24. The maximum absolute atomic E-state index is 5.90. The van der Waals surface area contributed by atoms with Gasteiger partial charge in [-0.3, -0.25) is 4.57 Å². The van der Waals surface area contributed by atoms with Crippen LogP contribution in [0.5, 0.6) is 0 Å². The number of hydrogen-bond acceptors (Lipinski definition) is 7. The lowest BCUT2D eigenvalue weighted by Gasteiger charge is -2.10. The Morgan fingerprint density at radius 2 is 1.93 bits per heavy atom. The molecule has 1 aliphatic carbocycles. The average Bonchev–Trinajstić information content (AvgIpc) is 3.11. The summed E-state index contributed by atoms with van der Waals surface area (Å²) in [5.74, 6) is 2.10. The van der Waals surface area contributed by atoms with E-state index < -0.39 is 0 Å². The van der Waals surface area contributed by atoms with Crippen molar-refractivity contribution in [2.45, 2.75) is 36.2 Å². The molecular weight excluding hydrogens is 378 g/mol. The van der Waals surface area contributed by atoms with Gasteiger partial charge in [-0.2, -0.15) is 0 Å². The van der Waals surface area contributed by atoms with Gasteiger partial charge in [-0.15, -0.1) is 31.7 Å². The van der Waals surface area contributed by atoms with Gasteiger partial charge in [-0.05, 0) is 43.3 Å². The minimum Gasteiger partial charge on any atom is -0.419 e. The van der Waals surface area contributed by atoms with Crippen LogP contribution in [-0.2, 0) is 0 Å². The molecule has 6 nitrogen and oxygen atoms in total. The molecule has 0 amide bonds. The number of aromatic nitrogens is 5. The molecule has 0 spiro atoms. The number of thioether (sulfide) groups is 1. The van der Waals surface area contributed by atoms with Crippen molar-refractivity contribution >= 4 is 23.1 Å². The summed E-state index contributed by atoms with van der Waals surface area (Å²) in [6.45, 7) is 2.06. The van der Waals surface area contributed by atoms with E-state index in [0.717, 1.165) is 21.4 Å². The molecule has 0 N–H and O–H groups in total. The monoisotopic (exact) mass is 395 g/mol. The molecule has 27 heavy (non-hydrogen) atoms. The Morgan fingerprint density at radius 3 is 2.67 bits per heavy atom. The van der Waals surface area contributed by atoms with Gasteiger partial charge in [0.25, 0.3) is 0 Å². The van der Waals surface area contributed by atoms with E-state index in [1.54, 1.807) is 23.1 Å². The Kier molecular flexibility index (Phi) is 4.29. The van der Waals surface area contributed by atoms with Crippen LogP contribution in [0.2, 0.25) is 0 Å². The molecule has 0 unspecified atom stereocenters. The van der Waals surface area contributed by atoms with E-state index in [2.05, 4.69) is 43.3 Å². The van der Waals surface area contributed by atoms with E-state index in [-0.39, 0.29) is 5.25 Å². The lowest BCUT2D eigenvalue weighted by molar-refractivity contribution is 0.508. The molecule has 1 aliphatic rings. The summed E-state index contributed by atoms with van der Waals surface area (Å²) >= 11 is 3.31. The van der Waals surface area contributed by atoms with Crippen LogP contribution in [0.15, 0.2) is 57.4 Å². The van der Waals surface area contributed by atoms with Gasteiger partial charge in [0.05, 0.1) is 10.1 Å². The summed E-state index contributed by atoms with van der Waals surface area (Å²) in [7, 11) is 0. The first-order valence-electron chi connectivity index (χ1n) is 8.84. The zero-order chi connectivity index (χ0) is 18.2. The lowest BCUT2D eigenvalue weighted by Crippen LogP contribution is -2.00. The second-order valence-electron chi connectivity index (χ2n) is 6.46. The van der Waals surface area contributed by atoms with Gasteiger partial charge in [0.1, 0.15) is 0 Å². The molecular formula is C19H17N5OS2. The van der Waals surface area contributed by atoms with Crippen molar-refractivity contribution in [3.05, 3.63) is 53.7 Å². The summed E-state index contributed by atoms with van der Waals surface area (Å²) in [6, 6.07) is 14.5. The molecule has 0 bridgehead atoms. The Hall–Kier alpha value is -2.45. The topological polar surface area (TPSA) is 69.6 Å². The fraction of sp³-hybridized carbons (Fsp3) is 0.263. The second kappa shape index (κ2) is 6.94. The lowest BCUT2D eigenvalue weighted by atomic mass is 10.2. The summed E-state index contributed by atoms with van der Waals surface area (Å²) in [5.41, 5.74) is 0.926. The molecule has 5 rings (SSSR count). The third kappa shape index (κ3) is 3.30.